The highest BCUT2D eigenvalue weighted by Crippen LogP contribution is 2.16. The number of hydrogen-bond acceptors (Lipinski definition) is 4. The summed E-state index contributed by atoms with van der Waals surface area (Å²) in [6.45, 7) is 9.43. The highest BCUT2D eigenvalue weighted by atomic mass is 15.6. The highest BCUT2D eigenvalue weighted by Gasteiger charge is 2.16. The van der Waals surface area contributed by atoms with Gasteiger partial charge in [-0.3, -0.25) is 0 Å². The van der Waals surface area contributed by atoms with Crippen molar-refractivity contribution in [3.8, 4) is 0 Å². The number of aromatic nitrogens is 4. The summed E-state index contributed by atoms with van der Waals surface area (Å²) in [4.78, 5) is 0. The Kier molecular flexibility index (Phi) is 4.68. The van der Waals surface area contributed by atoms with Crippen LogP contribution in [0.3, 0.4) is 0 Å². The maximum absolute atomic E-state index is 4.08. The smallest absolute Gasteiger partial charge is 0.168 e. The number of tetrazole rings is 1. The zero-order chi connectivity index (χ0) is 11.3. The molecular formula is C10H21N5. The van der Waals surface area contributed by atoms with Gasteiger partial charge in [0.25, 0.3) is 0 Å². The van der Waals surface area contributed by atoms with Crippen LogP contribution in [0.2, 0.25) is 0 Å². The topological polar surface area (TPSA) is 55.6 Å². The van der Waals surface area contributed by atoms with Crippen LogP contribution in [0.25, 0.3) is 0 Å². The van der Waals surface area contributed by atoms with Gasteiger partial charge in [-0.1, -0.05) is 20.3 Å². The Morgan fingerprint density at radius 1 is 1.33 bits per heavy atom. The SMILES string of the molecule is CCCC(C)n1nnnc1C(C)NCC. The molecule has 0 saturated carbocycles. The van der Waals surface area contributed by atoms with Crippen molar-refractivity contribution < 1.29 is 0 Å². The largest absolute Gasteiger partial charge is 0.308 e. The lowest BCUT2D eigenvalue weighted by Crippen LogP contribution is -2.23. The fourth-order valence-corrected chi connectivity index (χ4v) is 1.74. The maximum Gasteiger partial charge on any atom is 0.168 e. The molecule has 0 spiro atoms. The predicted octanol–water partition coefficient (Wildman–Crippen LogP) is 1.70. The summed E-state index contributed by atoms with van der Waals surface area (Å²) < 4.78 is 1.93. The quantitative estimate of drug-likeness (QED) is 0.778. The molecule has 0 aromatic carbocycles. The van der Waals surface area contributed by atoms with Gasteiger partial charge in [-0.15, -0.1) is 5.10 Å². The van der Waals surface area contributed by atoms with Gasteiger partial charge in [0.1, 0.15) is 0 Å². The van der Waals surface area contributed by atoms with Crippen molar-refractivity contribution >= 4 is 0 Å². The van der Waals surface area contributed by atoms with Crippen molar-refractivity contribution in [1.29, 1.82) is 0 Å². The van der Waals surface area contributed by atoms with Crippen LogP contribution in [-0.2, 0) is 0 Å². The summed E-state index contributed by atoms with van der Waals surface area (Å²) >= 11 is 0. The minimum Gasteiger partial charge on any atom is -0.308 e. The normalized spacial score (nSPS) is 15.2. The van der Waals surface area contributed by atoms with E-state index in [1.54, 1.807) is 0 Å². The van der Waals surface area contributed by atoms with Crippen LogP contribution in [0.4, 0.5) is 0 Å². The van der Waals surface area contributed by atoms with Gasteiger partial charge in [-0.2, -0.15) is 0 Å². The Balaban J connectivity index is 2.76. The van der Waals surface area contributed by atoms with Gasteiger partial charge in [0.15, 0.2) is 5.82 Å². The van der Waals surface area contributed by atoms with E-state index in [0.717, 1.165) is 25.2 Å². The van der Waals surface area contributed by atoms with Gasteiger partial charge < -0.3 is 5.32 Å². The molecule has 1 heterocycles. The lowest BCUT2D eigenvalue weighted by Gasteiger charge is -2.16. The van der Waals surface area contributed by atoms with E-state index in [-0.39, 0.29) is 6.04 Å². The fourth-order valence-electron chi connectivity index (χ4n) is 1.74. The zero-order valence-corrected chi connectivity index (χ0v) is 10.1. The number of hydrogen-bond donors (Lipinski definition) is 1. The van der Waals surface area contributed by atoms with Crippen LogP contribution < -0.4 is 5.32 Å². The molecule has 1 N–H and O–H groups in total. The first-order valence-electron chi connectivity index (χ1n) is 5.71. The number of rotatable bonds is 6. The van der Waals surface area contributed by atoms with Crippen LogP contribution >= 0.6 is 0 Å². The summed E-state index contributed by atoms with van der Waals surface area (Å²) in [6, 6.07) is 0.588. The van der Waals surface area contributed by atoms with E-state index in [1.807, 2.05) is 4.68 Å². The predicted molar refractivity (Wildman–Crippen MR) is 59.5 cm³/mol. The molecular weight excluding hydrogens is 190 g/mol. The molecule has 2 unspecified atom stereocenters. The molecule has 86 valence electrons. The van der Waals surface area contributed by atoms with Crippen LogP contribution in [0.1, 0.15) is 58.4 Å². The molecule has 0 aliphatic carbocycles. The van der Waals surface area contributed by atoms with Gasteiger partial charge in [0, 0.05) is 0 Å². The summed E-state index contributed by atoms with van der Waals surface area (Å²) in [7, 11) is 0. The third kappa shape index (κ3) is 2.99. The van der Waals surface area contributed by atoms with Crippen LogP contribution in [0.5, 0.6) is 0 Å². The zero-order valence-electron chi connectivity index (χ0n) is 10.1. The molecule has 0 amide bonds. The second kappa shape index (κ2) is 5.80. The van der Waals surface area contributed by atoms with Gasteiger partial charge in [-0.25, -0.2) is 4.68 Å². The summed E-state index contributed by atoms with van der Waals surface area (Å²) in [5.41, 5.74) is 0. The monoisotopic (exact) mass is 211 g/mol. The van der Waals surface area contributed by atoms with Gasteiger partial charge in [0.2, 0.25) is 0 Å². The Labute approximate surface area is 91.2 Å². The molecule has 1 aromatic heterocycles. The molecule has 0 fully saturated rings. The Morgan fingerprint density at radius 3 is 2.67 bits per heavy atom. The van der Waals surface area contributed by atoms with E-state index in [4.69, 9.17) is 0 Å². The molecule has 5 nitrogen and oxygen atoms in total. The van der Waals surface area contributed by atoms with Gasteiger partial charge in [0.05, 0.1) is 12.1 Å². The van der Waals surface area contributed by atoms with E-state index in [0.29, 0.717) is 6.04 Å². The van der Waals surface area contributed by atoms with E-state index in [1.165, 1.54) is 0 Å². The average molecular weight is 211 g/mol. The maximum atomic E-state index is 4.08. The highest BCUT2D eigenvalue weighted by molar-refractivity contribution is 4.91. The second-order valence-corrected chi connectivity index (χ2v) is 3.90. The minimum atomic E-state index is 0.212. The van der Waals surface area contributed by atoms with Crippen molar-refractivity contribution in [2.75, 3.05) is 6.54 Å². The van der Waals surface area contributed by atoms with Crippen LogP contribution in [0.15, 0.2) is 0 Å². The molecule has 5 heteroatoms. The Hall–Kier alpha value is -0.970. The molecule has 15 heavy (non-hydrogen) atoms. The van der Waals surface area contributed by atoms with E-state index in [9.17, 15) is 0 Å². The van der Waals surface area contributed by atoms with Crippen molar-refractivity contribution in [3.05, 3.63) is 5.82 Å². The molecule has 1 rings (SSSR count). The van der Waals surface area contributed by atoms with Crippen molar-refractivity contribution in [1.82, 2.24) is 25.5 Å². The number of nitrogens with zero attached hydrogens (tertiary/aromatic N) is 4. The number of nitrogens with one attached hydrogen (secondary N) is 1. The van der Waals surface area contributed by atoms with E-state index >= 15 is 0 Å². The van der Waals surface area contributed by atoms with Crippen molar-refractivity contribution in [2.45, 2.75) is 52.6 Å². The molecule has 2 atom stereocenters. The molecule has 0 aliphatic heterocycles. The Bertz CT molecular complexity index is 257. The second-order valence-electron chi connectivity index (χ2n) is 3.90. The fraction of sp³-hybridized carbons (Fsp3) is 0.900. The first-order chi connectivity index (χ1) is 7.20. The molecule has 1 aromatic rings. The van der Waals surface area contributed by atoms with Crippen LogP contribution in [-0.4, -0.2) is 26.8 Å². The van der Waals surface area contributed by atoms with Crippen molar-refractivity contribution in [3.63, 3.8) is 0 Å². The Morgan fingerprint density at radius 2 is 2.07 bits per heavy atom. The van der Waals surface area contributed by atoms with Crippen molar-refractivity contribution in [2.24, 2.45) is 0 Å². The molecule has 0 radical (unpaired) electrons. The summed E-state index contributed by atoms with van der Waals surface area (Å²) in [6.07, 6.45) is 2.26. The first-order valence-corrected chi connectivity index (χ1v) is 5.71. The summed E-state index contributed by atoms with van der Waals surface area (Å²) in [5.74, 6) is 0.929. The first kappa shape index (κ1) is 12.1. The van der Waals surface area contributed by atoms with E-state index < -0.39 is 0 Å². The van der Waals surface area contributed by atoms with Crippen LogP contribution in [0, 0.1) is 0 Å². The van der Waals surface area contributed by atoms with Gasteiger partial charge >= 0.3 is 0 Å². The third-order valence-corrected chi connectivity index (χ3v) is 2.54. The molecule has 0 aliphatic rings. The average Bonchev–Trinajstić information content (AvgIpc) is 2.66. The molecule has 0 bridgehead atoms. The summed E-state index contributed by atoms with van der Waals surface area (Å²) in [5, 5.41) is 15.2. The van der Waals surface area contributed by atoms with Gasteiger partial charge in [-0.05, 0) is 37.2 Å². The lowest BCUT2D eigenvalue weighted by atomic mass is 10.2. The lowest BCUT2D eigenvalue weighted by molar-refractivity contribution is 0.407. The minimum absolute atomic E-state index is 0.212. The molecule has 0 saturated heterocycles. The standard InChI is InChI=1S/C10H21N5/c1-5-7-8(3)15-10(12-13-14-15)9(4)11-6-2/h8-9,11H,5-7H2,1-4H3. The third-order valence-electron chi connectivity index (χ3n) is 2.54. The van der Waals surface area contributed by atoms with E-state index in [2.05, 4.69) is 48.5 Å².